The fraction of sp³-hybridized carbons (Fsp3) is 0.581. The van der Waals surface area contributed by atoms with Crippen molar-refractivity contribution >= 4 is 154 Å². The molecule has 2 heterocycles. The highest BCUT2D eigenvalue weighted by atomic mass is 32.1. The van der Waals surface area contributed by atoms with Crippen molar-refractivity contribution in [1.29, 1.82) is 10.8 Å². The molecular weight excluding hydrogens is 1920 g/mol. The number of benzene rings is 2. The zero-order chi connectivity index (χ0) is 109. The second-order valence-electron chi connectivity index (χ2n) is 36.9. The minimum absolute atomic E-state index is 0.0139. The fourth-order valence-electron chi connectivity index (χ4n) is 15.2. The number of carbonyl (C=O) groups is 20. The number of hydrogen-bond donors (Lipinski definition) is 32. The first-order valence-corrected chi connectivity index (χ1v) is 48.9. The van der Waals surface area contributed by atoms with E-state index in [1.165, 1.54) is 26.4 Å². The van der Waals surface area contributed by atoms with Crippen molar-refractivity contribution in [2.75, 3.05) is 31.9 Å². The number of nitrogens with zero attached hydrogens (tertiary/aromatic N) is 1. The lowest BCUT2D eigenvalue weighted by Gasteiger charge is -2.29. The van der Waals surface area contributed by atoms with Crippen molar-refractivity contribution in [3.8, 4) is 0 Å². The summed E-state index contributed by atoms with van der Waals surface area (Å²) in [6.07, 6.45) is -0.936. The summed E-state index contributed by atoms with van der Waals surface area (Å²) < 4.78 is 0. The number of guanidine groups is 2. The molecule has 0 fully saturated rings. The number of aromatic amines is 2. The van der Waals surface area contributed by atoms with Crippen molar-refractivity contribution in [2.24, 2.45) is 63.8 Å². The minimum atomic E-state index is -2.12. The molecule has 0 aliphatic carbocycles. The highest BCUT2D eigenvalue weighted by Crippen LogP contribution is 2.22. The molecule has 0 saturated heterocycles. The molecule has 4 aromatic rings. The Morgan fingerprint density at radius 1 is 0.377 bits per heavy atom. The number of carboxylic acid groups (broad SMARTS) is 3. The van der Waals surface area contributed by atoms with E-state index in [4.69, 9.17) is 51.0 Å². The van der Waals surface area contributed by atoms with Gasteiger partial charge in [-0.3, -0.25) is 102 Å². The Labute approximate surface area is 849 Å². The van der Waals surface area contributed by atoms with Crippen LogP contribution in [0.4, 0.5) is 0 Å². The zero-order valence-electron chi connectivity index (χ0n) is 83.3. The molecule has 17 amide bonds. The molecule has 2 aromatic carbocycles. The molecule has 38 N–H and O–H groups in total. The number of aliphatic carboxylic acids is 3. The first kappa shape index (κ1) is 124. The average molecular weight is 2070 g/mol. The third-order valence-corrected chi connectivity index (χ3v) is 23.3. The number of carboxylic acids is 3. The van der Waals surface area contributed by atoms with Crippen LogP contribution in [0.15, 0.2) is 73.3 Å². The van der Waals surface area contributed by atoms with Crippen molar-refractivity contribution in [3.05, 3.63) is 90.1 Å². The van der Waals surface area contributed by atoms with Gasteiger partial charge in [-0.1, -0.05) is 104 Å². The number of imidazole rings is 1. The molecule has 0 aliphatic rings. The van der Waals surface area contributed by atoms with Crippen molar-refractivity contribution in [1.82, 2.24) is 105 Å². The highest BCUT2D eigenvalue weighted by molar-refractivity contribution is 7.80. The van der Waals surface area contributed by atoms with E-state index in [0.717, 1.165) is 0 Å². The lowest BCUT2D eigenvalue weighted by molar-refractivity contribution is -0.142. The number of unbranched alkanes of at least 4 members (excludes halogenated alkanes) is 2. The van der Waals surface area contributed by atoms with Gasteiger partial charge < -0.3 is 156 Å². The Bertz CT molecular complexity index is 5070. The number of fused-ring (bicyclic) bond motifs is 1. The topological polar surface area (TPSA) is 881 Å². The molecule has 808 valence electrons. The summed E-state index contributed by atoms with van der Waals surface area (Å²) in [5.74, 6) is -26.0. The third-order valence-electron chi connectivity index (χ3n) is 23.0. The van der Waals surface area contributed by atoms with Gasteiger partial charge in [0.05, 0.1) is 30.9 Å². The molecule has 0 unspecified atom stereocenters. The lowest BCUT2D eigenvalue weighted by Crippen LogP contribution is -2.62. The second kappa shape index (κ2) is 64.2. The predicted octanol–water partition coefficient (Wildman–Crippen LogP) is -5.80. The molecule has 0 saturated carbocycles. The summed E-state index contributed by atoms with van der Waals surface area (Å²) in [6.45, 7) is 13.2. The van der Waals surface area contributed by atoms with Crippen LogP contribution in [-0.2, 0) is 115 Å². The van der Waals surface area contributed by atoms with Gasteiger partial charge in [0.1, 0.15) is 90.6 Å². The molecule has 0 aliphatic heterocycles. The van der Waals surface area contributed by atoms with Gasteiger partial charge >= 0.3 is 17.9 Å². The molecule has 0 spiro atoms. The number of para-hydroxylation sites is 1. The molecule has 0 bridgehead atoms. The van der Waals surface area contributed by atoms with Crippen LogP contribution in [0.2, 0.25) is 0 Å². The summed E-state index contributed by atoms with van der Waals surface area (Å²) in [5.41, 5.74) is 41.8. The Morgan fingerprint density at radius 2 is 0.747 bits per heavy atom. The van der Waals surface area contributed by atoms with Crippen molar-refractivity contribution < 1.29 is 111 Å². The lowest BCUT2D eigenvalue weighted by atomic mass is 9.99. The van der Waals surface area contributed by atoms with Gasteiger partial charge in [-0.25, -0.2) is 9.78 Å². The third kappa shape index (κ3) is 45.5. The molecule has 4 rings (SSSR count). The molecule has 16 atom stereocenters. The number of rotatable bonds is 70. The maximum absolute atomic E-state index is 15.2. The highest BCUT2D eigenvalue weighted by Gasteiger charge is 2.42. The zero-order valence-corrected chi connectivity index (χ0v) is 84.2. The molecule has 53 heteroatoms. The number of nitrogens with one attached hydrogen (secondary N) is 21. The minimum Gasteiger partial charge on any atom is -0.481 e. The first-order valence-electron chi connectivity index (χ1n) is 48.2. The number of primary amides is 2. The van der Waals surface area contributed by atoms with Gasteiger partial charge in [0.15, 0.2) is 11.9 Å². The van der Waals surface area contributed by atoms with Gasteiger partial charge in [0.2, 0.25) is 100 Å². The summed E-state index contributed by atoms with van der Waals surface area (Å²) in [6, 6.07) is -10.8. The van der Waals surface area contributed by atoms with Gasteiger partial charge in [-0.15, -0.1) is 0 Å². The van der Waals surface area contributed by atoms with Crippen molar-refractivity contribution in [2.45, 2.75) is 287 Å². The SMILES string of the molecule is CC(C)C[C@H](NC(=O)[C@H](CCCCN)NC(=O)[C@H](CCCCN)NC(=O)[C@H](CCCNC(=N)N)NC(=O)[C@H](CC(C)C)NC(=O)[C@H](Cc1c[nH]c2ccccc12)NC(=O)[C@H](CCC(=O)O)NC(=O)[C@@H](NC(=O)[C@@H](N)CCCNC(=N)N)C(C)C)C(=O)N[C@@H](CCC(N)=O)C(=O)N[C@@H](CC(=O)O)C(=O)N[C@H](C(=O)N[C@@H](Cc1c[nH]cn1)C(=O)N[C@@H](CC(N)=O)C(=O)N[C@@H](Cc1ccccc1)C(=O)N[C@@H](CS)C(=O)O)C(C)C. The Hall–Kier alpha value is -14.6. The van der Waals surface area contributed by atoms with E-state index in [0.29, 0.717) is 34.9 Å². The van der Waals surface area contributed by atoms with Crippen LogP contribution in [0, 0.1) is 34.5 Å². The standard InChI is InChI=1S/C93H147N29O23S/c1-47(2)36-62(83(136)111-60(28-30-70(97)123)80(133)118-68(42-73(127)128)88(141)122-75(50(7)8)90(143)119-66(40-53-44-103-46-107-53)86(139)117-67(41-71(98)124)87(140)115-64(38-51-20-10-9-11-21-51)84(137)120-69(45-146)91(144)145)113-79(132)58(26-15-17-33-95)109-77(130)57(25-14-16-32-94)108-78(131)59(27-19-35-105-93(101)102)110-82(135)63(37-48(3)4)114-85(138)65(39-52-43-106-56-24-13-12-22-54(52)56)116-81(134)61(29-31-72(125)126)112-89(142)74(49(5)6)121-76(129)55(96)23-18-34-104-92(99)100/h9-13,20-22,24,43-44,46-50,55,57-69,74-75,106,146H,14-19,23,25-42,45,94-96H2,1-8H3,(H2,97,123)(H2,98,124)(H,103,107)(H,108,131)(H,109,130)(H,110,135)(H,111,136)(H,112,142)(H,113,132)(H,114,138)(H,115,140)(H,116,134)(H,117,139)(H,118,133)(H,119,143)(H,120,137)(H,121,129)(H,122,141)(H,125,126)(H,127,128)(H,144,145)(H4,99,100,104)(H4,101,102,105)/t55-,57-,58-,59-,60-,61-,62-,63-,64-,65-,66-,67-,68-,69-,74-,75-/m0/s1. The monoisotopic (exact) mass is 2070 g/mol. The Balaban J connectivity index is 1.68. The first-order chi connectivity index (χ1) is 68.9. The van der Waals surface area contributed by atoms with E-state index in [1.54, 1.807) is 102 Å². The summed E-state index contributed by atoms with van der Waals surface area (Å²) >= 11 is 4.00. The summed E-state index contributed by atoms with van der Waals surface area (Å²) in [4.78, 5) is 290. The van der Waals surface area contributed by atoms with Crippen LogP contribution in [0.25, 0.3) is 10.9 Å². The van der Waals surface area contributed by atoms with Crippen molar-refractivity contribution in [3.63, 3.8) is 0 Å². The number of amides is 17. The molecular formula is C93H147N29O23S. The number of carbonyl (C=O) groups excluding carboxylic acids is 17. The summed E-state index contributed by atoms with van der Waals surface area (Å²) in [7, 11) is 0. The Kier molecular flexibility index (Phi) is 54.4. The fourth-order valence-corrected chi connectivity index (χ4v) is 15.4. The second-order valence-corrected chi connectivity index (χ2v) is 37.3. The van der Waals surface area contributed by atoms with Crippen LogP contribution in [0.1, 0.15) is 188 Å². The maximum atomic E-state index is 15.2. The smallest absolute Gasteiger partial charge is 0.327 e. The quantitative estimate of drug-likeness (QED) is 0.00847. The van der Waals surface area contributed by atoms with Gasteiger partial charge in [0, 0.05) is 74.2 Å². The number of hydrogen-bond acceptors (Lipinski definition) is 27. The molecule has 146 heavy (non-hydrogen) atoms. The van der Waals surface area contributed by atoms with Gasteiger partial charge in [0.25, 0.3) is 0 Å². The van der Waals surface area contributed by atoms with Crippen LogP contribution < -0.4 is 131 Å². The predicted molar refractivity (Wildman–Crippen MR) is 537 cm³/mol. The van der Waals surface area contributed by atoms with E-state index in [-0.39, 0.29) is 121 Å². The van der Waals surface area contributed by atoms with Crippen LogP contribution in [0.5, 0.6) is 0 Å². The van der Waals surface area contributed by atoms with Crippen LogP contribution >= 0.6 is 12.6 Å². The molecule has 52 nitrogen and oxygen atoms in total. The number of aromatic nitrogens is 3. The van der Waals surface area contributed by atoms with Crippen LogP contribution in [-0.4, -0.2) is 289 Å². The Morgan fingerprint density at radius 3 is 1.17 bits per heavy atom. The maximum Gasteiger partial charge on any atom is 0.327 e. The number of thiol groups is 1. The molecule has 2 aromatic heterocycles. The number of nitrogens with two attached hydrogens (primary N) is 7. The van der Waals surface area contributed by atoms with E-state index in [1.807, 2.05) is 0 Å². The van der Waals surface area contributed by atoms with E-state index in [9.17, 15) is 92.0 Å². The van der Waals surface area contributed by atoms with E-state index < -0.39 is 290 Å². The normalized spacial score (nSPS) is 14.5. The van der Waals surface area contributed by atoms with E-state index >= 15 is 19.2 Å². The van der Waals surface area contributed by atoms with Crippen LogP contribution in [0.3, 0.4) is 0 Å². The average Bonchev–Trinajstić information content (AvgIpc) is 1.65. The van der Waals surface area contributed by atoms with Gasteiger partial charge in [-0.2, -0.15) is 12.6 Å². The van der Waals surface area contributed by atoms with E-state index in [2.05, 4.69) is 118 Å². The largest absolute Gasteiger partial charge is 0.481 e. The van der Waals surface area contributed by atoms with Gasteiger partial charge in [-0.05, 0) is 144 Å². The summed E-state index contributed by atoms with van der Waals surface area (Å²) in [5, 5.41) is 88.8. The molecule has 0 radical (unpaired) electrons. The number of H-pyrrole nitrogens is 2.